The molecule has 1 atom stereocenters. The lowest BCUT2D eigenvalue weighted by Gasteiger charge is -2.19. The molecule has 0 spiro atoms. The van der Waals surface area contributed by atoms with E-state index in [0.29, 0.717) is 18.4 Å². The highest BCUT2D eigenvalue weighted by Gasteiger charge is 2.23. The summed E-state index contributed by atoms with van der Waals surface area (Å²) in [7, 11) is -2.45. The Morgan fingerprint density at radius 3 is 2.58 bits per heavy atom. The molecule has 0 aliphatic rings. The van der Waals surface area contributed by atoms with Crippen LogP contribution in [0, 0.1) is 11.3 Å². The van der Waals surface area contributed by atoms with Gasteiger partial charge in [-0.15, -0.1) is 0 Å². The van der Waals surface area contributed by atoms with E-state index >= 15 is 0 Å². The van der Waals surface area contributed by atoms with Gasteiger partial charge < -0.3 is 9.73 Å². The Morgan fingerprint density at radius 1 is 1.31 bits per heavy atom. The van der Waals surface area contributed by atoms with Crippen LogP contribution in [0.15, 0.2) is 52.0 Å². The Kier molecular flexibility index (Phi) is 6.55. The van der Waals surface area contributed by atoms with Crippen molar-refractivity contribution < 1.29 is 17.6 Å². The quantitative estimate of drug-likeness (QED) is 0.759. The van der Waals surface area contributed by atoms with Crippen molar-refractivity contribution in [2.24, 2.45) is 0 Å². The average molecular weight is 375 g/mol. The van der Waals surface area contributed by atoms with Gasteiger partial charge in [-0.05, 0) is 49.7 Å². The zero-order chi connectivity index (χ0) is 19.2. The van der Waals surface area contributed by atoms with Gasteiger partial charge in [0.05, 0.1) is 29.3 Å². The van der Waals surface area contributed by atoms with E-state index < -0.39 is 10.0 Å². The van der Waals surface area contributed by atoms with Crippen LogP contribution in [-0.4, -0.2) is 38.3 Å². The number of rotatable bonds is 8. The first kappa shape index (κ1) is 19.7. The Balaban J connectivity index is 1.89. The van der Waals surface area contributed by atoms with E-state index in [1.165, 1.54) is 31.3 Å². The van der Waals surface area contributed by atoms with Crippen molar-refractivity contribution in [3.8, 4) is 6.07 Å². The molecule has 0 radical (unpaired) electrons. The lowest BCUT2D eigenvalue weighted by Crippen LogP contribution is -2.41. The number of benzene rings is 1. The molecule has 7 nitrogen and oxygen atoms in total. The summed E-state index contributed by atoms with van der Waals surface area (Å²) in [6.07, 6.45) is 2.97. The van der Waals surface area contributed by atoms with E-state index in [4.69, 9.17) is 9.68 Å². The maximum absolute atomic E-state index is 12.5. The third kappa shape index (κ3) is 5.18. The zero-order valence-electron chi connectivity index (χ0n) is 14.7. The molecule has 1 aromatic carbocycles. The molecule has 1 heterocycles. The van der Waals surface area contributed by atoms with Gasteiger partial charge >= 0.3 is 0 Å². The van der Waals surface area contributed by atoms with Crippen LogP contribution in [0.5, 0.6) is 0 Å². The van der Waals surface area contributed by atoms with Crippen molar-refractivity contribution in [1.29, 1.82) is 5.26 Å². The molecule has 0 aliphatic carbocycles. The number of nitrogens with zero attached hydrogens (tertiary/aromatic N) is 2. The van der Waals surface area contributed by atoms with Crippen molar-refractivity contribution in [2.75, 3.05) is 13.6 Å². The molecule has 138 valence electrons. The van der Waals surface area contributed by atoms with Crippen LogP contribution < -0.4 is 5.32 Å². The molecule has 0 saturated heterocycles. The monoisotopic (exact) mass is 375 g/mol. The summed E-state index contributed by atoms with van der Waals surface area (Å²) < 4.78 is 31.2. The number of nitriles is 1. The SMILES string of the molecule is CC(CCc1ccco1)NC(=O)CN(C)S(=O)(=O)c1ccc(C#N)cc1. The van der Waals surface area contributed by atoms with Gasteiger partial charge in [0, 0.05) is 19.5 Å². The maximum Gasteiger partial charge on any atom is 0.243 e. The van der Waals surface area contributed by atoms with Crippen LogP contribution >= 0.6 is 0 Å². The van der Waals surface area contributed by atoms with Gasteiger partial charge in [-0.2, -0.15) is 9.57 Å². The minimum atomic E-state index is -3.79. The highest BCUT2D eigenvalue weighted by atomic mass is 32.2. The molecule has 1 unspecified atom stereocenters. The highest BCUT2D eigenvalue weighted by molar-refractivity contribution is 7.89. The predicted octanol–water partition coefficient (Wildman–Crippen LogP) is 1.91. The third-order valence-corrected chi connectivity index (χ3v) is 5.69. The van der Waals surface area contributed by atoms with Crippen LogP contribution in [0.4, 0.5) is 0 Å². The van der Waals surface area contributed by atoms with E-state index in [1.54, 1.807) is 6.26 Å². The molecule has 2 aromatic rings. The molecule has 0 saturated carbocycles. The summed E-state index contributed by atoms with van der Waals surface area (Å²) in [5.74, 6) is 0.461. The number of carbonyl (C=O) groups excluding carboxylic acids is 1. The predicted molar refractivity (Wildman–Crippen MR) is 95.6 cm³/mol. The number of nitrogens with one attached hydrogen (secondary N) is 1. The molecule has 0 bridgehead atoms. The number of aryl methyl sites for hydroxylation is 1. The summed E-state index contributed by atoms with van der Waals surface area (Å²) in [5.41, 5.74) is 0.370. The molecule has 2 rings (SSSR count). The molecule has 26 heavy (non-hydrogen) atoms. The van der Waals surface area contributed by atoms with Crippen LogP contribution in [0.1, 0.15) is 24.7 Å². The summed E-state index contributed by atoms with van der Waals surface area (Å²) in [5, 5.41) is 11.6. The summed E-state index contributed by atoms with van der Waals surface area (Å²) in [6.45, 7) is 1.57. The number of hydrogen-bond acceptors (Lipinski definition) is 5. The number of amides is 1. The summed E-state index contributed by atoms with van der Waals surface area (Å²) in [4.78, 5) is 12.2. The molecular weight excluding hydrogens is 354 g/mol. The van der Waals surface area contributed by atoms with Gasteiger partial charge in [0.15, 0.2) is 0 Å². The number of likely N-dealkylation sites (N-methyl/N-ethyl adjacent to an activating group) is 1. The molecule has 0 fully saturated rings. The molecule has 8 heteroatoms. The van der Waals surface area contributed by atoms with Gasteiger partial charge in [0.2, 0.25) is 15.9 Å². The second-order valence-electron chi connectivity index (χ2n) is 5.98. The topological polar surface area (TPSA) is 103 Å². The maximum atomic E-state index is 12.5. The van der Waals surface area contributed by atoms with Gasteiger partial charge in [-0.3, -0.25) is 4.79 Å². The third-order valence-electron chi connectivity index (χ3n) is 3.87. The largest absolute Gasteiger partial charge is 0.469 e. The number of sulfonamides is 1. The van der Waals surface area contributed by atoms with Crippen molar-refractivity contribution in [2.45, 2.75) is 30.7 Å². The lowest BCUT2D eigenvalue weighted by atomic mass is 10.1. The Hall–Kier alpha value is -2.63. The van der Waals surface area contributed by atoms with E-state index in [-0.39, 0.29) is 23.4 Å². The summed E-state index contributed by atoms with van der Waals surface area (Å²) >= 11 is 0. The fourth-order valence-electron chi connectivity index (χ4n) is 2.37. The molecular formula is C18H21N3O4S. The van der Waals surface area contributed by atoms with E-state index in [2.05, 4.69) is 5.32 Å². The molecule has 0 aliphatic heterocycles. The van der Waals surface area contributed by atoms with E-state index in [0.717, 1.165) is 10.1 Å². The number of hydrogen-bond donors (Lipinski definition) is 1. The molecule has 1 amide bonds. The van der Waals surface area contributed by atoms with Crippen molar-refractivity contribution in [1.82, 2.24) is 9.62 Å². The first-order valence-corrected chi connectivity index (χ1v) is 9.55. The second kappa shape index (κ2) is 8.65. The van der Waals surface area contributed by atoms with Gasteiger partial charge in [0.1, 0.15) is 5.76 Å². The van der Waals surface area contributed by atoms with Crippen LogP contribution in [-0.2, 0) is 21.2 Å². The van der Waals surface area contributed by atoms with Gasteiger partial charge in [0.25, 0.3) is 0 Å². The molecule has 1 N–H and O–H groups in total. The fraction of sp³-hybridized carbons (Fsp3) is 0.333. The van der Waals surface area contributed by atoms with Crippen molar-refractivity contribution in [3.05, 3.63) is 54.0 Å². The van der Waals surface area contributed by atoms with Crippen LogP contribution in [0.3, 0.4) is 0 Å². The van der Waals surface area contributed by atoms with Gasteiger partial charge in [-0.1, -0.05) is 0 Å². The highest BCUT2D eigenvalue weighted by Crippen LogP contribution is 2.15. The van der Waals surface area contributed by atoms with Crippen LogP contribution in [0.25, 0.3) is 0 Å². The van der Waals surface area contributed by atoms with Crippen LogP contribution in [0.2, 0.25) is 0 Å². The zero-order valence-corrected chi connectivity index (χ0v) is 15.5. The number of carbonyl (C=O) groups is 1. The Bertz CT molecular complexity index is 868. The lowest BCUT2D eigenvalue weighted by molar-refractivity contribution is -0.121. The Morgan fingerprint density at radius 2 is 2.00 bits per heavy atom. The first-order chi connectivity index (χ1) is 12.3. The standard InChI is InChI=1S/C18H21N3O4S/c1-14(5-8-16-4-3-11-25-16)20-18(22)13-21(2)26(23,24)17-9-6-15(12-19)7-10-17/h3-4,6-7,9-11,14H,5,8,13H2,1-2H3,(H,20,22). The minimum Gasteiger partial charge on any atom is -0.469 e. The smallest absolute Gasteiger partial charge is 0.243 e. The second-order valence-corrected chi connectivity index (χ2v) is 8.03. The van der Waals surface area contributed by atoms with Gasteiger partial charge in [-0.25, -0.2) is 8.42 Å². The van der Waals surface area contributed by atoms with Crippen molar-refractivity contribution >= 4 is 15.9 Å². The molecule has 1 aromatic heterocycles. The normalized spacial score (nSPS) is 12.5. The minimum absolute atomic E-state index is 0.0395. The average Bonchev–Trinajstić information content (AvgIpc) is 3.13. The van der Waals surface area contributed by atoms with E-state index in [9.17, 15) is 13.2 Å². The first-order valence-electron chi connectivity index (χ1n) is 8.11. The van der Waals surface area contributed by atoms with E-state index in [1.807, 2.05) is 25.1 Å². The Labute approximate surface area is 153 Å². The van der Waals surface area contributed by atoms with Crippen molar-refractivity contribution in [3.63, 3.8) is 0 Å². The summed E-state index contributed by atoms with van der Waals surface area (Å²) in [6, 6.07) is 11.1. The fourth-order valence-corrected chi connectivity index (χ4v) is 3.50. The number of furan rings is 1.